The zero-order chi connectivity index (χ0) is 25.0. The fourth-order valence-electron chi connectivity index (χ4n) is 4.97. The van der Waals surface area contributed by atoms with Crippen LogP contribution in [0.15, 0.2) is 76.0 Å². The van der Waals surface area contributed by atoms with Gasteiger partial charge in [0.15, 0.2) is 4.80 Å². The number of phenols is 1. The van der Waals surface area contributed by atoms with Gasteiger partial charge in [0.2, 0.25) is 0 Å². The molecule has 1 aliphatic heterocycles. The molecule has 3 aromatic carbocycles. The van der Waals surface area contributed by atoms with Gasteiger partial charge in [-0.3, -0.25) is 9.36 Å². The van der Waals surface area contributed by atoms with Crippen molar-refractivity contribution in [1.82, 2.24) is 4.57 Å². The van der Waals surface area contributed by atoms with E-state index < -0.39 is 0 Å². The maximum Gasteiger partial charge on any atom is 0.271 e. The maximum atomic E-state index is 13.8. The third kappa shape index (κ3) is 3.77. The van der Waals surface area contributed by atoms with Crippen LogP contribution in [0.2, 0.25) is 10.0 Å². The van der Waals surface area contributed by atoms with Crippen LogP contribution in [0.4, 0.5) is 0 Å². The van der Waals surface area contributed by atoms with Gasteiger partial charge in [0.05, 0.1) is 28.4 Å². The van der Waals surface area contributed by atoms with Crippen molar-refractivity contribution in [3.8, 4) is 11.5 Å². The Morgan fingerprint density at radius 1 is 1.11 bits per heavy atom. The van der Waals surface area contributed by atoms with Gasteiger partial charge in [-0.15, -0.1) is 0 Å². The minimum absolute atomic E-state index is 0.121. The van der Waals surface area contributed by atoms with Gasteiger partial charge in [-0.25, -0.2) is 4.99 Å². The number of halogens is 2. The van der Waals surface area contributed by atoms with Crippen LogP contribution in [-0.2, 0) is 6.42 Å². The molecule has 2 aliphatic rings. The number of rotatable bonds is 3. The first kappa shape index (κ1) is 23.1. The standard InChI is InChI=1S/C28H20Cl2N2O3S/c1-35-19-7-4-6-16(12-19)25-21-10-9-15-5-2-3-8-20(15)24(21)31-28-32(25)27(34)23(36-28)13-17-11-18(29)14-22(30)26(17)33/h2-8,11-14,25,33H,9-10H2,1H3. The predicted octanol–water partition coefficient (Wildman–Crippen LogP) is 5.34. The lowest BCUT2D eigenvalue weighted by molar-refractivity contribution is 0.413. The van der Waals surface area contributed by atoms with Crippen LogP contribution in [0.1, 0.15) is 34.7 Å². The third-order valence-electron chi connectivity index (χ3n) is 6.63. The fraction of sp³-hybridized carbons (Fsp3) is 0.143. The summed E-state index contributed by atoms with van der Waals surface area (Å²) >= 11 is 13.6. The lowest BCUT2D eigenvalue weighted by Gasteiger charge is -2.31. The molecule has 0 amide bonds. The smallest absolute Gasteiger partial charge is 0.271 e. The van der Waals surface area contributed by atoms with Crippen LogP contribution in [0.5, 0.6) is 11.5 Å². The monoisotopic (exact) mass is 534 g/mol. The molecule has 2 heterocycles. The minimum atomic E-state index is -0.321. The highest BCUT2D eigenvalue weighted by atomic mass is 35.5. The lowest BCUT2D eigenvalue weighted by atomic mass is 9.83. The van der Waals surface area contributed by atoms with Crippen molar-refractivity contribution in [2.24, 2.45) is 4.99 Å². The number of phenolic OH excluding ortho intramolecular Hbond substituents is 1. The van der Waals surface area contributed by atoms with E-state index in [0.29, 0.717) is 19.9 Å². The summed E-state index contributed by atoms with van der Waals surface area (Å²) in [4.78, 5) is 19.4. The summed E-state index contributed by atoms with van der Waals surface area (Å²) in [5.41, 5.74) is 5.53. The van der Waals surface area contributed by atoms with Crippen molar-refractivity contribution in [1.29, 1.82) is 0 Å². The first-order chi connectivity index (χ1) is 17.4. The molecule has 0 fully saturated rings. The molecule has 1 aliphatic carbocycles. The molecule has 8 heteroatoms. The van der Waals surface area contributed by atoms with Crippen molar-refractivity contribution in [2.45, 2.75) is 18.9 Å². The quantitative estimate of drug-likeness (QED) is 0.385. The number of aromatic hydroxyl groups is 1. The van der Waals surface area contributed by atoms with Crippen LogP contribution in [-0.4, -0.2) is 16.8 Å². The first-order valence-electron chi connectivity index (χ1n) is 11.4. The molecular weight excluding hydrogens is 515 g/mol. The number of hydrogen-bond acceptors (Lipinski definition) is 5. The molecule has 0 bridgehead atoms. The zero-order valence-corrected chi connectivity index (χ0v) is 21.5. The van der Waals surface area contributed by atoms with E-state index in [1.807, 2.05) is 36.4 Å². The number of aryl methyl sites for hydroxylation is 1. The summed E-state index contributed by atoms with van der Waals surface area (Å²) in [5, 5.41) is 11.0. The fourth-order valence-corrected chi connectivity index (χ4v) is 6.47. The highest BCUT2D eigenvalue weighted by Crippen LogP contribution is 2.41. The summed E-state index contributed by atoms with van der Waals surface area (Å²) in [6.07, 6.45) is 3.30. The summed E-state index contributed by atoms with van der Waals surface area (Å²) in [6, 6.07) is 18.8. The van der Waals surface area contributed by atoms with Gasteiger partial charge in [-0.2, -0.15) is 0 Å². The van der Waals surface area contributed by atoms with Gasteiger partial charge in [-0.1, -0.05) is 70.9 Å². The van der Waals surface area contributed by atoms with Crippen molar-refractivity contribution < 1.29 is 9.84 Å². The van der Waals surface area contributed by atoms with Gasteiger partial charge >= 0.3 is 0 Å². The summed E-state index contributed by atoms with van der Waals surface area (Å²) in [7, 11) is 1.63. The predicted molar refractivity (Wildman–Crippen MR) is 144 cm³/mol. The Bertz CT molecular complexity index is 1750. The van der Waals surface area contributed by atoms with E-state index in [1.165, 1.54) is 23.0 Å². The Hall–Kier alpha value is -3.32. The molecule has 0 saturated carbocycles. The van der Waals surface area contributed by atoms with Crippen LogP contribution in [0.25, 0.3) is 11.8 Å². The SMILES string of the molecule is COc1cccc(C2C3=C(N=c4sc(=Cc5cc(Cl)cc(Cl)c5O)c(=O)n42)c2ccccc2CC3)c1. The van der Waals surface area contributed by atoms with Gasteiger partial charge in [-0.05, 0) is 59.9 Å². The van der Waals surface area contributed by atoms with Gasteiger partial charge < -0.3 is 9.84 Å². The third-order valence-corrected chi connectivity index (χ3v) is 8.12. The largest absolute Gasteiger partial charge is 0.506 e. The molecule has 4 aromatic rings. The lowest BCUT2D eigenvalue weighted by Crippen LogP contribution is -2.38. The number of thiazole rings is 1. The molecule has 6 rings (SSSR count). The topological polar surface area (TPSA) is 63.8 Å². The summed E-state index contributed by atoms with van der Waals surface area (Å²) in [5.74, 6) is 0.605. The second kappa shape index (κ2) is 8.96. The number of fused-ring (bicyclic) bond motifs is 3. The summed E-state index contributed by atoms with van der Waals surface area (Å²) in [6.45, 7) is 0. The number of ether oxygens (including phenoxy) is 1. The number of allylic oxidation sites excluding steroid dienone is 1. The van der Waals surface area contributed by atoms with Crippen LogP contribution in [0.3, 0.4) is 0 Å². The molecule has 0 radical (unpaired) electrons. The molecule has 0 saturated heterocycles. The molecule has 1 aromatic heterocycles. The second-order valence-corrected chi connectivity index (χ2v) is 10.6. The van der Waals surface area contributed by atoms with Crippen molar-refractivity contribution in [3.63, 3.8) is 0 Å². The number of benzene rings is 3. The Balaban J connectivity index is 1.64. The van der Waals surface area contributed by atoms with Gasteiger partial charge in [0, 0.05) is 16.1 Å². The normalized spacial score (nSPS) is 16.8. The highest BCUT2D eigenvalue weighted by molar-refractivity contribution is 7.07. The molecule has 1 atom stereocenters. The number of hydrogen-bond donors (Lipinski definition) is 1. The van der Waals surface area contributed by atoms with Crippen molar-refractivity contribution in [2.75, 3.05) is 7.11 Å². The van der Waals surface area contributed by atoms with E-state index >= 15 is 0 Å². The average Bonchev–Trinajstić information content (AvgIpc) is 3.20. The number of aromatic nitrogens is 1. The maximum absolute atomic E-state index is 13.8. The van der Waals surface area contributed by atoms with E-state index in [-0.39, 0.29) is 22.4 Å². The molecule has 0 spiro atoms. The van der Waals surface area contributed by atoms with Crippen LogP contribution < -0.4 is 19.6 Å². The zero-order valence-electron chi connectivity index (χ0n) is 19.2. The Morgan fingerprint density at radius 2 is 1.94 bits per heavy atom. The van der Waals surface area contributed by atoms with Crippen LogP contribution in [0, 0.1) is 0 Å². The first-order valence-corrected chi connectivity index (χ1v) is 13.0. The second-order valence-electron chi connectivity index (χ2n) is 8.72. The average molecular weight is 535 g/mol. The van der Waals surface area contributed by atoms with E-state index in [2.05, 4.69) is 12.1 Å². The van der Waals surface area contributed by atoms with E-state index in [4.69, 9.17) is 32.9 Å². The number of methoxy groups -OCH3 is 1. The molecular formula is C28H20Cl2N2O3S. The van der Waals surface area contributed by atoms with Crippen molar-refractivity contribution >= 4 is 46.3 Å². The highest BCUT2D eigenvalue weighted by Gasteiger charge is 2.32. The van der Waals surface area contributed by atoms with E-state index in [1.54, 1.807) is 23.8 Å². The minimum Gasteiger partial charge on any atom is -0.506 e. The molecule has 5 nitrogen and oxygen atoms in total. The Labute approximate surface area is 220 Å². The molecule has 180 valence electrons. The molecule has 1 unspecified atom stereocenters. The van der Waals surface area contributed by atoms with Gasteiger partial charge in [0.1, 0.15) is 11.5 Å². The Kier molecular flexibility index (Phi) is 5.75. The Morgan fingerprint density at radius 3 is 2.78 bits per heavy atom. The van der Waals surface area contributed by atoms with Crippen molar-refractivity contribution in [3.05, 3.63) is 118 Å². The molecule has 36 heavy (non-hydrogen) atoms. The van der Waals surface area contributed by atoms with E-state index in [9.17, 15) is 9.90 Å². The molecule has 1 N–H and O–H groups in total. The summed E-state index contributed by atoms with van der Waals surface area (Å²) < 4.78 is 7.68. The number of nitrogens with zero attached hydrogens (tertiary/aromatic N) is 2. The van der Waals surface area contributed by atoms with E-state index in [0.717, 1.165) is 41.0 Å². The van der Waals surface area contributed by atoms with Crippen LogP contribution >= 0.6 is 34.5 Å². The van der Waals surface area contributed by atoms with Gasteiger partial charge in [0.25, 0.3) is 5.56 Å².